The van der Waals surface area contributed by atoms with Crippen LogP contribution >= 0.6 is 0 Å². The van der Waals surface area contributed by atoms with Gasteiger partial charge in [-0.1, -0.05) is 33.4 Å². The molecule has 1 aliphatic carbocycles. The molecular formula is C26H41N3O3Si. The summed E-state index contributed by atoms with van der Waals surface area (Å²) in [4.78, 5) is 6.91. The third-order valence-corrected chi connectivity index (χ3v) is 11.5. The van der Waals surface area contributed by atoms with Gasteiger partial charge in [0.1, 0.15) is 12.4 Å². The number of hydrogen-bond acceptors (Lipinski definition) is 6. The van der Waals surface area contributed by atoms with Crippen molar-refractivity contribution in [1.29, 1.82) is 0 Å². The van der Waals surface area contributed by atoms with E-state index in [1.165, 1.54) is 0 Å². The Hall–Kier alpha value is -1.93. The molecule has 6 nitrogen and oxygen atoms in total. The maximum absolute atomic E-state index is 6.31. The lowest BCUT2D eigenvalue weighted by atomic mass is 9.99. The number of allylic oxidation sites excluding steroid dienone is 3. The fourth-order valence-corrected chi connectivity index (χ4v) is 4.92. The van der Waals surface area contributed by atoms with Gasteiger partial charge < -0.3 is 19.6 Å². The molecular weight excluding hydrogens is 430 g/mol. The van der Waals surface area contributed by atoms with E-state index in [0.717, 1.165) is 54.5 Å². The molecule has 33 heavy (non-hydrogen) atoms. The first-order valence-corrected chi connectivity index (χ1v) is 14.8. The van der Waals surface area contributed by atoms with Gasteiger partial charge in [0.2, 0.25) is 0 Å². The van der Waals surface area contributed by atoms with Crippen molar-refractivity contribution in [2.75, 3.05) is 45.3 Å². The van der Waals surface area contributed by atoms with Crippen LogP contribution in [0, 0.1) is 6.92 Å². The van der Waals surface area contributed by atoms with Crippen LogP contribution in [0.1, 0.15) is 38.4 Å². The highest BCUT2D eigenvalue weighted by Gasteiger charge is 2.37. The smallest absolute Gasteiger partial charge is 0.192 e. The van der Waals surface area contributed by atoms with E-state index in [2.05, 4.69) is 62.5 Å². The molecule has 182 valence electrons. The fraction of sp³-hybridized carbons (Fsp3) is 0.577. The fourth-order valence-electron chi connectivity index (χ4n) is 3.90. The second-order valence-electron chi connectivity index (χ2n) is 10.5. The first-order chi connectivity index (χ1) is 15.5. The molecule has 2 N–H and O–H groups in total. The second-order valence-corrected chi connectivity index (χ2v) is 15.3. The molecule has 1 saturated heterocycles. The summed E-state index contributed by atoms with van der Waals surface area (Å²) in [5.41, 5.74) is 10.9. The van der Waals surface area contributed by atoms with Crippen LogP contribution in [-0.2, 0) is 13.9 Å². The Morgan fingerprint density at radius 1 is 1.24 bits per heavy atom. The Labute approximate surface area is 200 Å². The maximum atomic E-state index is 6.31. The molecule has 0 saturated carbocycles. The molecule has 1 fully saturated rings. The summed E-state index contributed by atoms with van der Waals surface area (Å²) < 4.78 is 18.1. The number of ether oxygens (including phenoxy) is 2. The van der Waals surface area contributed by atoms with Crippen LogP contribution in [-0.4, -0.2) is 63.8 Å². The van der Waals surface area contributed by atoms with E-state index < -0.39 is 8.32 Å². The number of hydrogen-bond donors (Lipinski definition) is 1. The highest BCUT2D eigenvalue weighted by atomic mass is 28.4. The number of nitrogens with zero attached hydrogens (tertiary/aromatic N) is 2. The molecule has 1 unspecified atom stereocenters. The van der Waals surface area contributed by atoms with E-state index in [-0.39, 0.29) is 11.1 Å². The average molecular weight is 472 g/mol. The Balaban J connectivity index is 1.81. The molecule has 0 aromatic carbocycles. The Bertz CT molecular complexity index is 912. The Kier molecular flexibility index (Phi) is 8.21. The number of nitrogens with two attached hydrogens (primary N) is 1. The zero-order valence-corrected chi connectivity index (χ0v) is 22.2. The summed E-state index contributed by atoms with van der Waals surface area (Å²) in [6.07, 6.45) is 6.80. The molecule has 1 aromatic rings. The molecule has 3 rings (SSSR count). The van der Waals surface area contributed by atoms with Crippen molar-refractivity contribution >= 4 is 19.6 Å². The van der Waals surface area contributed by atoms with Crippen LogP contribution in [0.3, 0.4) is 0 Å². The van der Waals surface area contributed by atoms with E-state index in [0.29, 0.717) is 25.3 Å². The largest absolute Gasteiger partial charge is 0.495 e. The normalized spacial score (nSPS) is 20.8. The lowest BCUT2D eigenvalue weighted by Gasteiger charge is -2.36. The quantitative estimate of drug-likeness (QED) is 0.345. The van der Waals surface area contributed by atoms with Crippen molar-refractivity contribution in [1.82, 2.24) is 9.88 Å². The summed E-state index contributed by atoms with van der Waals surface area (Å²) >= 11 is 0. The van der Waals surface area contributed by atoms with Gasteiger partial charge in [-0.2, -0.15) is 0 Å². The Morgan fingerprint density at radius 3 is 2.61 bits per heavy atom. The van der Waals surface area contributed by atoms with Crippen LogP contribution in [0.5, 0.6) is 0 Å². The van der Waals surface area contributed by atoms with E-state index >= 15 is 0 Å². The second kappa shape index (κ2) is 10.6. The molecule has 0 radical (unpaired) electrons. The number of nitrogen functional groups attached to an aromatic ring is 1. The number of pyridine rings is 1. The van der Waals surface area contributed by atoms with Gasteiger partial charge in [0.05, 0.1) is 37.7 Å². The monoisotopic (exact) mass is 471 g/mol. The molecule has 0 bridgehead atoms. The van der Waals surface area contributed by atoms with E-state index in [1.807, 2.05) is 13.0 Å². The van der Waals surface area contributed by atoms with Gasteiger partial charge in [-0.15, -0.1) is 0 Å². The molecule has 0 amide bonds. The van der Waals surface area contributed by atoms with Crippen molar-refractivity contribution in [3.63, 3.8) is 0 Å². The standard InChI is InChI=1S/C26H41N3O3Si/c1-19-14-23(31-12-13-32-33(6,7)26(3,4)5)15-21(24-17-22(27)18-28-20(24)2)16-25(19)29-8-10-30-11-9-29/h15-18,25H,1,8-14,27H2,2-7H3. The molecule has 7 heteroatoms. The van der Waals surface area contributed by atoms with E-state index in [1.54, 1.807) is 6.20 Å². The molecule has 1 aromatic heterocycles. The highest BCUT2D eigenvalue weighted by Crippen LogP contribution is 2.36. The summed E-state index contributed by atoms with van der Waals surface area (Å²) in [6.45, 7) is 22.1. The van der Waals surface area contributed by atoms with Crippen molar-refractivity contribution in [3.05, 3.63) is 53.6 Å². The van der Waals surface area contributed by atoms with Crippen LogP contribution in [0.15, 0.2) is 42.3 Å². The van der Waals surface area contributed by atoms with Crippen molar-refractivity contribution in [2.24, 2.45) is 0 Å². The number of morpholine rings is 1. The first-order valence-electron chi connectivity index (χ1n) is 11.9. The third kappa shape index (κ3) is 6.56. The first kappa shape index (κ1) is 25.7. The molecule has 1 atom stereocenters. The van der Waals surface area contributed by atoms with Crippen molar-refractivity contribution in [2.45, 2.75) is 58.3 Å². The van der Waals surface area contributed by atoms with Crippen molar-refractivity contribution < 1.29 is 13.9 Å². The summed E-state index contributed by atoms with van der Waals surface area (Å²) in [5, 5.41) is 0.182. The van der Waals surface area contributed by atoms with Gasteiger partial charge in [-0.25, -0.2) is 0 Å². The van der Waals surface area contributed by atoms with Crippen LogP contribution in [0.2, 0.25) is 18.1 Å². The lowest BCUT2D eigenvalue weighted by molar-refractivity contribution is 0.0309. The zero-order valence-electron chi connectivity index (χ0n) is 21.2. The topological polar surface area (TPSA) is 69.8 Å². The molecule has 1 aliphatic heterocycles. The van der Waals surface area contributed by atoms with Crippen LogP contribution in [0.4, 0.5) is 5.69 Å². The van der Waals surface area contributed by atoms with Gasteiger partial charge in [0.25, 0.3) is 0 Å². The van der Waals surface area contributed by atoms with E-state index in [4.69, 9.17) is 19.6 Å². The minimum atomic E-state index is -1.80. The molecule has 2 heterocycles. The summed E-state index contributed by atoms with van der Waals surface area (Å²) in [7, 11) is -1.80. The highest BCUT2D eigenvalue weighted by molar-refractivity contribution is 6.74. The van der Waals surface area contributed by atoms with Crippen molar-refractivity contribution in [3.8, 4) is 0 Å². The number of rotatable bonds is 7. The summed E-state index contributed by atoms with van der Waals surface area (Å²) in [6, 6.07) is 2.11. The van der Waals surface area contributed by atoms with Gasteiger partial charge >= 0.3 is 0 Å². The number of anilines is 1. The Morgan fingerprint density at radius 2 is 1.94 bits per heavy atom. The van der Waals surface area contributed by atoms with Gasteiger partial charge in [0.15, 0.2) is 8.32 Å². The zero-order chi connectivity index (χ0) is 24.2. The lowest BCUT2D eigenvalue weighted by Crippen LogP contribution is -2.43. The van der Waals surface area contributed by atoms with Gasteiger partial charge in [-0.3, -0.25) is 9.88 Å². The van der Waals surface area contributed by atoms with E-state index in [9.17, 15) is 0 Å². The number of aromatic nitrogens is 1. The maximum Gasteiger partial charge on any atom is 0.192 e. The van der Waals surface area contributed by atoms with Crippen LogP contribution < -0.4 is 5.73 Å². The third-order valence-electron chi connectivity index (χ3n) is 6.97. The average Bonchev–Trinajstić information content (AvgIpc) is 2.91. The number of aryl methyl sites for hydroxylation is 1. The molecule has 2 aliphatic rings. The van der Waals surface area contributed by atoms with Gasteiger partial charge in [0, 0.05) is 30.8 Å². The summed E-state index contributed by atoms with van der Waals surface area (Å²) in [5.74, 6) is 0.905. The SMILES string of the molecule is C=C1CC(OCCO[Si](C)(C)C(C)(C)C)=CC(c2cc(N)cnc2C)=CC1N1CCOCC1. The predicted molar refractivity (Wildman–Crippen MR) is 138 cm³/mol. The minimum Gasteiger partial charge on any atom is -0.495 e. The van der Waals surface area contributed by atoms with Crippen LogP contribution in [0.25, 0.3) is 5.57 Å². The minimum absolute atomic E-state index is 0.116. The molecule has 0 spiro atoms. The van der Waals surface area contributed by atoms with Gasteiger partial charge in [-0.05, 0) is 48.3 Å². The predicted octanol–water partition coefficient (Wildman–Crippen LogP) is 4.94.